The zero-order chi connectivity index (χ0) is 33.8. The first-order valence-corrected chi connectivity index (χ1v) is 14.6. The Morgan fingerprint density at radius 1 is 0.733 bits per heavy atom. The average molecular weight is 625 g/mol. The molecule has 2 aromatic carbocycles. The lowest BCUT2D eigenvalue weighted by Crippen LogP contribution is -2.39. The van der Waals surface area contributed by atoms with Crippen LogP contribution in [0, 0.1) is 36.9 Å². The topological polar surface area (TPSA) is 161 Å². The van der Waals surface area contributed by atoms with Crippen LogP contribution in [-0.4, -0.2) is 48.3 Å². The number of nitrogens with zero attached hydrogens (tertiary/aromatic N) is 2. The normalized spacial score (nSPS) is 13.3. The molecule has 0 aliphatic rings. The van der Waals surface area contributed by atoms with Gasteiger partial charge in [0.2, 0.25) is 0 Å². The van der Waals surface area contributed by atoms with Gasteiger partial charge in [-0.1, -0.05) is 12.1 Å². The molecule has 0 aliphatic carbocycles. The van der Waals surface area contributed by atoms with Gasteiger partial charge in [-0.2, -0.15) is 0 Å². The zero-order valence-corrected chi connectivity index (χ0v) is 27.5. The number of aryl methyl sites for hydroxylation is 2. The summed E-state index contributed by atoms with van der Waals surface area (Å²) in [5.74, 6) is 0.703. The standard InChI is InChI=1S/C33H44N4O8/c1-21-10-12-26(14-28(21)41-19-34)36-30(38)40-18-25(5)45-33(8,9)17-24(4)44-32(6,7)16-23(3)43-31(39)37-27-13-11-22(2)29(15-27)42-20-35/h10-15,23-25H,16-18H2,1-9H3,(H,36,38)(H,37,39). The van der Waals surface area contributed by atoms with Gasteiger partial charge in [-0.15, -0.1) is 10.5 Å². The molecule has 12 heteroatoms. The van der Waals surface area contributed by atoms with E-state index in [0.29, 0.717) is 35.7 Å². The van der Waals surface area contributed by atoms with Crippen molar-refractivity contribution in [3.05, 3.63) is 47.5 Å². The summed E-state index contributed by atoms with van der Waals surface area (Å²) in [6, 6.07) is 9.94. The van der Waals surface area contributed by atoms with Crippen LogP contribution in [-0.2, 0) is 18.9 Å². The molecule has 0 aliphatic heterocycles. The SMILES string of the molecule is Cc1ccc(NC(=O)OCC(C)OC(C)(C)CC(C)OC(C)(C)CC(C)OC(=O)Nc2ccc(C)c(OC#N)c2)cc1OC#N. The molecule has 0 heterocycles. The van der Waals surface area contributed by atoms with Crippen LogP contribution in [0.2, 0.25) is 0 Å². The third-order valence-electron chi connectivity index (χ3n) is 6.54. The monoisotopic (exact) mass is 624 g/mol. The summed E-state index contributed by atoms with van der Waals surface area (Å²) >= 11 is 0. The third-order valence-corrected chi connectivity index (χ3v) is 6.54. The highest BCUT2D eigenvalue weighted by molar-refractivity contribution is 5.85. The number of carbonyl (C=O) groups is 2. The number of anilines is 2. The molecule has 45 heavy (non-hydrogen) atoms. The van der Waals surface area contributed by atoms with E-state index in [0.717, 1.165) is 11.1 Å². The highest BCUT2D eigenvalue weighted by atomic mass is 16.6. The summed E-state index contributed by atoms with van der Waals surface area (Å²) in [5.41, 5.74) is 1.19. The number of rotatable bonds is 15. The maximum absolute atomic E-state index is 12.5. The summed E-state index contributed by atoms with van der Waals surface area (Å²) < 4.78 is 33.1. The summed E-state index contributed by atoms with van der Waals surface area (Å²) in [4.78, 5) is 24.8. The molecular weight excluding hydrogens is 580 g/mol. The fourth-order valence-electron chi connectivity index (χ4n) is 5.04. The highest BCUT2D eigenvalue weighted by Crippen LogP contribution is 2.28. The summed E-state index contributed by atoms with van der Waals surface area (Å²) in [6.07, 6.45) is 1.89. The van der Waals surface area contributed by atoms with Crippen molar-refractivity contribution in [3.8, 4) is 24.0 Å². The number of nitrogens with one attached hydrogen (secondary N) is 2. The first kappa shape index (κ1) is 36.7. The van der Waals surface area contributed by atoms with Gasteiger partial charge in [0, 0.05) is 36.3 Å². The van der Waals surface area contributed by atoms with Crippen LogP contribution in [0.4, 0.5) is 21.0 Å². The Balaban J connectivity index is 1.79. The van der Waals surface area contributed by atoms with Crippen LogP contribution in [0.3, 0.4) is 0 Å². The molecule has 2 N–H and O–H groups in total. The van der Waals surface area contributed by atoms with Crippen LogP contribution in [0.25, 0.3) is 0 Å². The first-order chi connectivity index (χ1) is 21.0. The van der Waals surface area contributed by atoms with Crippen molar-refractivity contribution in [2.24, 2.45) is 0 Å². The number of hydrogen-bond acceptors (Lipinski definition) is 10. The summed E-state index contributed by atoms with van der Waals surface area (Å²) in [7, 11) is 0. The fraction of sp³-hybridized carbons (Fsp3) is 0.515. The number of amides is 2. The predicted octanol–water partition coefficient (Wildman–Crippen LogP) is 7.36. The van der Waals surface area contributed by atoms with E-state index in [-0.39, 0.29) is 12.7 Å². The van der Waals surface area contributed by atoms with Gasteiger partial charge in [0.25, 0.3) is 12.5 Å². The second kappa shape index (κ2) is 16.5. The maximum atomic E-state index is 12.5. The van der Waals surface area contributed by atoms with Gasteiger partial charge in [-0.3, -0.25) is 10.6 Å². The number of carbonyl (C=O) groups excluding carboxylic acids is 2. The van der Waals surface area contributed by atoms with Gasteiger partial charge in [-0.05, 0) is 85.6 Å². The molecule has 2 aromatic rings. The molecule has 0 bridgehead atoms. The van der Waals surface area contributed by atoms with Crippen LogP contribution in [0.5, 0.6) is 11.5 Å². The Hall–Kier alpha value is -4.52. The molecule has 244 valence electrons. The van der Waals surface area contributed by atoms with Crippen molar-refractivity contribution in [1.82, 2.24) is 0 Å². The largest absolute Gasteiger partial charge is 0.447 e. The molecule has 0 radical (unpaired) electrons. The lowest BCUT2D eigenvalue weighted by atomic mass is 9.98. The Morgan fingerprint density at radius 2 is 1.18 bits per heavy atom. The van der Waals surface area contributed by atoms with E-state index in [9.17, 15) is 9.59 Å². The van der Waals surface area contributed by atoms with Crippen molar-refractivity contribution >= 4 is 23.6 Å². The van der Waals surface area contributed by atoms with Gasteiger partial charge in [0.05, 0.1) is 23.4 Å². The Labute approximate surface area is 265 Å². The molecule has 0 saturated carbocycles. The highest BCUT2D eigenvalue weighted by Gasteiger charge is 2.31. The van der Waals surface area contributed by atoms with Gasteiger partial charge >= 0.3 is 12.2 Å². The predicted molar refractivity (Wildman–Crippen MR) is 168 cm³/mol. The smallest absolute Gasteiger partial charge is 0.411 e. The number of ether oxygens (including phenoxy) is 6. The van der Waals surface area contributed by atoms with Gasteiger partial charge < -0.3 is 28.4 Å². The molecule has 3 atom stereocenters. The van der Waals surface area contributed by atoms with Crippen LogP contribution < -0.4 is 20.1 Å². The van der Waals surface area contributed by atoms with Gasteiger partial charge in [0.1, 0.15) is 24.2 Å². The minimum Gasteiger partial charge on any atom is -0.447 e. The Kier molecular flexibility index (Phi) is 13.5. The minimum absolute atomic E-state index is 0.0234. The quantitative estimate of drug-likeness (QED) is 0.192. The molecule has 12 nitrogen and oxygen atoms in total. The molecule has 2 amide bonds. The van der Waals surface area contributed by atoms with E-state index in [4.69, 9.17) is 38.9 Å². The first-order valence-electron chi connectivity index (χ1n) is 14.6. The molecule has 3 unspecified atom stereocenters. The number of benzene rings is 2. The Morgan fingerprint density at radius 3 is 1.67 bits per heavy atom. The molecule has 0 saturated heterocycles. The lowest BCUT2D eigenvalue weighted by molar-refractivity contribution is -0.136. The van der Waals surface area contributed by atoms with Gasteiger partial charge in [-0.25, -0.2) is 9.59 Å². The van der Waals surface area contributed by atoms with Crippen LogP contribution in [0.1, 0.15) is 72.4 Å². The Bertz CT molecular complexity index is 1400. The van der Waals surface area contributed by atoms with Crippen molar-refractivity contribution in [2.45, 2.75) is 105 Å². The van der Waals surface area contributed by atoms with E-state index in [1.165, 1.54) is 0 Å². The number of nitriles is 2. The second-order valence-electron chi connectivity index (χ2n) is 12.2. The summed E-state index contributed by atoms with van der Waals surface area (Å²) in [6.45, 7) is 16.9. The van der Waals surface area contributed by atoms with Crippen molar-refractivity contribution in [3.63, 3.8) is 0 Å². The molecule has 0 aromatic heterocycles. The molecular formula is C33H44N4O8. The van der Waals surface area contributed by atoms with E-state index in [2.05, 4.69) is 10.6 Å². The van der Waals surface area contributed by atoms with E-state index < -0.39 is 35.6 Å². The van der Waals surface area contributed by atoms with E-state index in [1.54, 1.807) is 69.7 Å². The second-order valence-corrected chi connectivity index (χ2v) is 12.2. The van der Waals surface area contributed by atoms with Crippen LogP contribution in [0.15, 0.2) is 36.4 Å². The van der Waals surface area contributed by atoms with Crippen molar-refractivity contribution in [1.29, 1.82) is 10.5 Å². The fourth-order valence-corrected chi connectivity index (χ4v) is 5.04. The minimum atomic E-state index is -0.657. The average Bonchev–Trinajstić information content (AvgIpc) is 2.90. The van der Waals surface area contributed by atoms with E-state index in [1.807, 2.05) is 41.5 Å². The van der Waals surface area contributed by atoms with Crippen molar-refractivity contribution in [2.75, 3.05) is 17.2 Å². The molecule has 2 rings (SSSR count). The maximum Gasteiger partial charge on any atom is 0.411 e. The summed E-state index contributed by atoms with van der Waals surface area (Å²) in [5, 5.41) is 22.8. The van der Waals surface area contributed by atoms with E-state index >= 15 is 0 Å². The third kappa shape index (κ3) is 13.3. The van der Waals surface area contributed by atoms with Crippen molar-refractivity contribution < 1.29 is 38.0 Å². The molecule has 0 spiro atoms. The number of hydrogen-bond donors (Lipinski definition) is 2. The van der Waals surface area contributed by atoms with Gasteiger partial charge in [0.15, 0.2) is 0 Å². The van der Waals surface area contributed by atoms with Crippen LogP contribution >= 0.6 is 0 Å². The lowest BCUT2D eigenvalue weighted by Gasteiger charge is -2.36. The zero-order valence-electron chi connectivity index (χ0n) is 27.5. The molecule has 0 fully saturated rings.